The lowest BCUT2D eigenvalue weighted by Gasteiger charge is -2.03. The molecule has 0 spiro atoms. The van der Waals surface area contributed by atoms with E-state index >= 15 is 0 Å². The Morgan fingerprint density at radius 3 is 2.76 bits per heavy atom. The number of aryl methyl sites for hydroxylation is 1. The van der Waals surface area contributed by atoms with Gasteiger partial charge in [-0.25, -0.2) is 4.79 Å². The van der Waals surface area contributed by atoms with Crippen molar-refractivity contribution in [2.24, 2.45) is 0 Å². The molecule has 0 aliphatic heterocycles. The fourth-order valence-corrected chi connectivity index (χ4v) is 2.70. The first kappa shape index (κ1) is 13.5. The minimum Gasteiger partial charge on any atom is -0.482 e. The zero-order chi connectivity index (χ0) is 14.8. The van der Waals surface area contributed by atoms with Gasteiger partial charge in [-0.05, 0) is 24.3 Å². The Kier molecular flexibility index (Phi) is 3.53. The number of benzene rings is 1. The van der Waals surface area contributed by atoms with Crippen molar-refractivity contribution in [3.05, 3.63) is 30.1 Å². The number of carboxylic acid groups (broad SMARTS) is 1. The van der Waals surface area contributed by atoms with Crippen LogP contribution >= 0.6 is 11.3 Å². The quantitative estimate of drug-likeness (QED) is 0.774. The van der Waals surface area contributed by atoms with Gasteiger partial charge in [0.15, 0.2) is 12.4 Å². The first-order chi connectivity index (χ1) is 10.2. The van der Waals surface area contributed by atoms with E-state index in [1.807, 2.05) is 19.1 Å². The summed E-state index contributed by atoms with van der Waals surface area (Å²) in [5, 5.41) is 22.0. The molecule has 2 heterocycles. The van der Waals surface area contributed by atoms with Crippen LogP contribution in [0, 0.1) is 0 Å². The summed E-state index contributed by atoms with van der Waals surface area (Å²) in [5.41, 5.74) is 0.926. The SMILES string of the molecule is CCc1nnc2sc(-c3ccc(OCC(=O)O)cc3)nn12. The van der Waals surface area contributed by atoms with E-state index < -0.39 is 5.97 Å². The summed E-state index contributed by atoms with van der Waals surface area (Å²) >= 11 is 1.45. The highest BCUT2D eigenvalue weighted by molar-refractivity contribution is 7.19. The van der Waals surface area contributed by atoms with E-state index in [4.69, 9.17) is 9.84 Å². The molecular weight excluding hydrogens is 292 g/mol. The summed E-state index contributed by atoms with van der Waals surface area (Å²) in [5.74, 6) is 0.340. The number of aromatic nitrogens is 4. The van der Waals surface area contributed by atoms with Crippen LogP contribution in [0.1, 0.15) is 12.7 Å². The molecule has 0 unspecified atom stereocenters. The minimum atomic E-state index is -1.00. The molecule has 0 bridgehead atoms. The summed E-state index contributed by atoms with van der Waals surface area (Å²) in [6, 6.07) is 7.13. The molecule has 2 aromatic heterocycles. The van der Waals surface area contributed by atoms with Crippen LogP contribution in [0.4, 0.5) is 0 Å². The van der Waals surface area contributed by atoms with E-state index in [0.29, 0.717) is 5.75 Å². The van der Waals surface area contributed by atoms with E-state index in [0.717, 1.165) is 27.8 Å². The third-order valence-corrected chi connectivity index (χ3v) is 3.78. The van der Waals surface area contributed by atoms with Crippen molar-refractivity contribution in [3.8, 4) is 16.3 Å². The van der Waals surface area contributed by atoms with Gasteiger partial charge in [0.25, 0.3) is 0 Å². The van der Waals surface area contributed by atoms with Gasteiger partial charge in [0, 0.05) is 12.0 Å². The maximum absolute atomic E-state index is 10.4. The summed E-state index contributed by atoms with van der Waals surface area (Å²) in [4.78, 5) is 11.2. The molecule has 0 radical (unpaired) electrons. The van der Waals surface area contributed by atoms with Crippen molar-refractivity contribution in [2.75, 3.05) is 6.61 Å². The topological polar surface area (TPSA) is 89.6 Å². The molecular formula is C13H12N4O3S. The van der Waals surface area contributed by atoms with Crippen LogP contribution in [0.3, 0.4) is 0 Å². The molecule has 0 atom stereocenters. The van der Waals surface area contributed by atoms with Crippen LogP contribution in [-0.2, 0) is 11.2 Å². The molecule has 8 heteroatoms. The lowest BCUT2D eigenvalue weighted by molar-refractivity contribution is -0.139. The fourth-order valence-electron chi connectivity index (χ4n) is 1.83. The predicted octanol–water partition coefficient (Wildman–Crippen LogP) is 1.88. The first-order valence-electron chi connectivity index (χ1n) is 6.33. The number of carboxylic acids is 1. The van der Waals surface area contributed by atoms with Gasteiger partial charge in [0.2, 0.25) is 4.96 Å². The Bertz CT molecular complexity index is 778. The van der Waals surface area contributed by atoms with Gasteiger partial charge in [-0.3, -0.25) is 0 Å². The molecule has 1 aromatic carbocycles. The molecule has 3 rings (SSSR count). The molecule has 0 aliphatic carbocycles. The second kappa shape index (κ2) is 5.49. The second-order valence-corrected chi connectivity index (χ2v) is 5.23. The number of fused-ring (bicyclic) bond motifs is 1. The van der Waals surface area contributed by atoms with Crippen molar-refractivity contribution in [3.63, 3.8) is 0 Å². The smallest absolute Gasteiger partial charge is 0.341 e. The summed E-state index contributed by atoms with van der Waals surface area (Å²) < 4.78 is 6.84. The van der Waals surface area contributed by atoms with Gasteiger partial charge in [-0.2, -0.15) is 9.61 Å². The number of hydrogen-bond acceptors (Lipinski definition) is 6. The van der Waals surface area contributed by atoms with Gasteiger partial charge in [0.1, 0.15) is 10.8 Å². The van der Waals surface area contributed by atoms with E-state index in [1.165, 1.54) is 11.3 Å². The van der Waals surface area contributed by atoms with Crippen molar-refractivity contribution < 1.29 is 14.6 Å². The molecule has 7 nitrogen and oxygen atoms in total. The molecule has 3 aromatic rings. The van der Waals surface area contributed by atoms with E-state index in [2.05, 4.69) is 15.3 Å². The number of hydrogen-bond donors (Lipinski definition) is 1. The van der Waals surface area contributed by atoms with E-state index in [9.17, 15) is 4.79 Å². The van der Waals surface area contributed by atoms with Crippen LogP contribution in [-0.4, -0.2) is 37.5 Å². The van der Waals surface area contributed by atoms with Gasteiger partial charge in [-0.1, -0.05) is 18.3 Å². The monoisotopic (exact) mass is 304 g/mol. The maximum Gasteiger partial charge on any atom is 0.341 e. The van der Waals surface area contributed by atoms with Crippen molar-refractivity contribution >= 4 is 22.3 Å². The number of nitrogens with zero attached hydrogens (tertiary/aromatic N) is 4. The Labute approximate surface area is 123 Å². The molecule has 0 saturated heterocycles. The number of aliphatic carboxylic acids is 1. The van der Waals surface area contributed by atoms with E-state index in [1.54, 1.807) is 16.6 Å². The van der Waals surface area contributed by atoms with Crippen LogP contribution in [0.2, 0.25) is 0 Å². The third-order valence-electron chi connectivity index (χ3n) is 2.84. The van der Waals surface area contributed by atoms with Gasteiger partial charge in [-0.15, -0.1) is 10.2 Å². The van der Waals surface area contributed by atoms with Crippen molar-refractivity contribution in [1.82, 2.24) is 19.8 Å². The average Bonchev–Trinajstić information content (AvgIpc) is 3.05. The minimum absolute atomic E-state index is 0.351. The normalized spacial score (nSPS) is 10.9. The average molecular weight is 304 g/mol. The Balaban J connectivity index is 1.84. The first-order valence-corrected chi connectivity index (χ1v) is 7.15. The molecule has 1 N–H and O–H groups in total. The summed E-state index contributed by atoms with van der Waals surface area (Å²) in [6.07, 6.45) is 0.770. The lowest BCUT2D eigenvalue weighted by atomic mass is 10.2. The zero-order valence-corrected chi connectivity index (χ0v) is 12.0. The fraction of sp³-hybridized carbons (Fsp3) is 0.231. The Morgan fingerprint density at radius 2 is 2.10 bits per heavy atom. The lowest BCUT2D eigenvalue weighted by Crippen LogP contribution is -2.09. The maximum atomic E-state index is 10.4. The van der Waals surface area contributed by atoms with Gasteiger partial charge in [0.05, 0.1) is 0 Å². The van der Waals surface area contributed by atoms with Crippen LogP contribution in [0.15, 0.2) is 24.3 Å². The Hall–Kier alpha value is -2.48. The summed E-state index contributed by atoms with van der Waals surface area (Å²) in [7, 11) is 0. The van der Waals surface area contributed by atoms with Crippen molar-refractivity contribution in [2.45, 2.75) is 13.3 Å². The van der Waals surface area contributed by atoms with Crippen LogP contribution in [0.25, 0.3) is 15.5 Å². The van der Waals surface area contributed by atoms with E-state index in [-0.39, 0.29) is 6.61 Å². The molecule has 0 fully saturated rings. The van der Waals surface area contributed by atoms with Gasteiger partial charge >= 0.3 is 5.97 Å². The molecule has 0 amide bonds. The number of carbonyl (C=O) groups is 1. The summed E-state index contributed by atoms with van der Waals surface area (Å²) in [6.45, 7) is 1.65. The van der Waals surface area contributed by atoms with Gasteiger partial charge < -0.3 is 9.84 Å². The highest BCUT2D eigenvalue weighted by Gasteiger charge is 2.11. The molecule has 0 aliphatic rings. The number of ether oxygens (including phenoxy) is 1. The molecule has 0 saturated carbocycles. The Morgan fingerprint density at radius 1 is 1.33 bits per heavy atom. The van der Waals surface area contributed by atoms with Crippen molar-refractivity contribution in [1.29, 1.82) is 0 Å². The van der Waals surface area contributed by atoms with Crippen LogP contribution < -0.4 is 4.74 Å². The molecule has 21 heavy (non-hydrogen) atoms. The zero-order valence-electron chi connectivity index (χ0n) is 11.2. The third kappa shape index (κ3) is 2.70. The highest BCUT2D eigenvalue weighted by atomic mass is 32.1. The largest absolute Gasteiger partial charge is 0.482 e. The standard InChI is InChI=1S/C13H12N4O3S/c1-2-10-14-15-13-17(10)16-12(21-13)8-3-5-9(6-4-8)20-7-11(18)19/h3-6H,2,7H2,1H3,(H,18,19). The predicted molar refractivity (Wildman–Crippen MR) is 76.6 cm³/mol. The molecule has 108 valence electrons. The van der Waals surface area contributed by atoms with Crippen LogP contribution in [0.5, 0.6) is 5.75 Å². The second-order valence-electron chi connectivity index (χ2n) is 4.28. The number of rotatable bonds is 5. The highest BCUT2D eigenvalue weighted by Crippen LogP contribution is 2.27.